The van der Waals surface area contributed by atoms with Gasteiger partial charge in [0.15, 0.2) is 5.78 Å². The van der Waals surface area contributed by atoms with E-state index in [1.807, 2.05) is 0 Å². The molecule has 1 atom stereocenters. The van der Waals surface area contributed by atoms with Gasteiger partial charge in [0.1, 0.15) is 5.92 Å². The largest absolute Gasteiger partial charge is 0.369 e. The lowest BCUT2D eigenvalue weighted by Crippen LogP contribution is -2.28. The van der Waals surface area contributed by atoms with E-state index in [4.69, 9.17) is 5.73 Å². The zero-order valence-corrected chi connectivity index (χ0v) is 5.61. The number of rotatable bonds is 1. The number of carbonyl (C=O) groups excluding carboxylic acids is 2. The molecule has 0 aromatic heterocycles. The molecule has 4 heteroatoms. The van der Waals surface area contributed by atoms with Crippen LogP contribution in [0.4, 0.5) is 0 Å². The molecule has 2 N–H and O–H groups in total. The van der Waals surface area contributed by atoms with Gasteiger partial charge in [-0.2, -0.15) is 11.8 Å². The molecule has 0 spiro atoms. The van der Waals surface area contributed by atoms with Crippen LogP contribution in [0, 0.1) is 5.92 Å². The Kier molecular flexibility index (Phi) is 1.75. The third kappa shape index (κ3) is 1.24. The molecule has 1 amide bonds. The predicted molar refractivity (Wildman–Crippen MR) is 35.0 cm³/mol. The molecular formula is C5H7NO2S. The van der Waals surface area contributed by atoms with Gasteiger partial charge >= 0.3 is 0 Å². The van der Waals surface area contributed by atoms with Crippen molar-refractivity contribution in [1.82, 2.24) is 0 Å². The van der Waals surface area contributed by atoms with E-state index in [1.54, 1.807) is 0 Å². The second-order valence-corrected chi connectivity index (χ2v) is 2.97. The summed E-state index contributed by atoms with van der Waals surface area (Å²) in [6, 6.07) is 0. The molecule has 0 radical (unpaired) electrons. The number of primary amides is 1. The molecule has 1 fully saturated rings. The van der Waals surface area contributed by atoms with Gasteiger partial charge in [0.2, 0.25) is 5.91 Å². The van der Waals surface area contributed by atoms with Gasteiger partial charge in [0.25, 0.3) is 0 Å². The third-order valence-corrected chi connectivity index (χ3v) is 2.32. The van der Waals surface area contributed by atoms with Crippen LogP contribution in [-0.2, 0) is 9.59 Å². The fourth-order valence-corrected chi connectivity index (χ4v) is 1.82. The second kappa shape index (κ2) is 2.39. The third-order valence-electron chi connectivity index (χ3n) is 1.26. The quantitative estimate of drug-likeness (QED) is 0.501. The van der Waals surface area contributed by atoms with E-state index < -0.39 is 11.8 Å². The molecule has 0 aromatic rings. The van der Waals surface area contributed by atoms with Crippen LogP contribution in [0.5, 0.6) is 0 Å². The highest BCUT2D eigenvalue weighted by Gasteiger charge is 2.29. The monoisotopic (exact) mass is 145 g/mol. The first-order valence-corrected chi connectivity index (χ1v) is 3.77. The van der Waals surface area contributed by atoms with Gasteiger partial charge in [-0.25, -0.2) is 0 Å². The average molecular weight is 145 g/mol. The Balaban J connectivity index is 2.60. The molecule has 0 aliphatic carbocycles. The van der Waals surface area contributed by atoms with Gasteiger partial charge in [-0.15, -0.1) is 0 Å². The summed E-state index contributed by atoms with van der Waals surface area (Å²) in [7, 11) is 0. The summed E-state index contributed by atoms with van der Waals surface area (Å²) in [6.07, 6.45) is 0. The molecule has 1 saturated heterocycles. The Hall–Kier alpha value is -0.510. The van der Waals surface area contributed by atoms with Crippen molar-refractivity contribution >= 4 is 23.5 Å². The number of hydrogen-bond donors (Lipinski definition) is 1. The van der Waals surface area contributed by atoms with Gasteiger partial charge in [0.05, 0.1) is 5.75 Å². The Morgan fingerprint density at radius 3 is 2.67 bits per heavy atom. The summed E-state index contributed by atoms with van der Waals surface area (Å²) in [5.41, 5.74) is 4.92. The number of carbonyl (C=O) groups is 2. The summed E-state index contributed by atoms with van der Waals surface area (Å²) in [5.74, 6) is 0.0226. The number of hydrogen-bond acceptors (Lipinski definition) is 3. The molecular weight excluding hydrogens is 138 g/mol. The van der Waals surface area contributed by atoms with Gasteiger partial charge in [-0.1, -0.05) is 0 Å². The first-order valence-electron chi connectivity index (χ1n) is 2.61. The Morgan fingerprint density at radius 1 is 1.78 bits per heavy atom. The van der Waals surface area contributed by atoms with Crippen LogP contribution in [0.3, 0.4) is 0 Å². The minimum atomic E-state index is -0.505. The maximum absolute atomic E-state index is 10.7. The number of thioether (sulfide) groups is 1. The lowest BCUT2D eigenvalue weighted by atomic mass is 10.1. The smallest absolute Gasteiger partial charge is 0.228 e. The van der Waals surface area contributed by atoms with Crippen molar-refractivity contribution in [2.24, 2.45) is 11.7 Å². The number of ketones is 1. The van der Waals surface area contributed by atoms with E-state index in [2.05, 4.69) is 0 Å². The van der Waals surface area contributed by atoms with Crippen molar-refractivity contribution in [2.75, 3.05) is 11.5 Å². The van der Waals surface area contributed by atoms with Crippen LogP contribution in [-0.4, -0.2) is 23.2 Å². The van der Waals surface area contributed by atoms with Crippen LogP contribution in [0.2, 0.25) is 0 Å². The van der Waals surface area contributed by atoms with E-state index in [-0.39, 0.29) is 5.78 Å². The van der Waals surface area contributed by atoms with Crippen LogP contribution in [0.1, 0.15) is 0 Å². The molecule has 0 bridgehead atoms. The average Bonchev–Trinajstić information content (AvgIpc) is 2.13. The Morgan fingerprint density at radius 2 is 2.44 bits per heavy atom. The summed E-state index contributed by atoms with van der Waals surface area (Å²) < 4.78 is 0. The van der Waals surface area contributed by atoms with Crippen molar-refractivity contribution in [3.05, 3.63) is 0 Å². The maximum Gasteiger partial charge on any atom is 0.228 e. The molecule has 1 aliphatic rings. The highest BCUT2D eigenvalue weighted by molar-refractivity contribution is 8.00. The van der Waals surface area contributed by atoms with Gasteiger partial charge in [0, 0.05) is 5.75 Å². The molecule has 0 unspecified atom stereocenters. The van der Waals surface area contributed by atoms with Gasteiger partial charge in [-0.3, -0.25) is 9.59 Å². The van der Waals surface area contributed by atoms with E-state index >= 15 is 0 Å². The van der Waals surface area contributed by atoms with Gasteiger partial charge < -0.3 is 5.73 Å². The summed E-state index contributed by atoms with van der Waals surface area (Å²) >= 11 is 1.47. The van der Waals surface area contributed by atoms with E-state index in [0.29, 0.717) is 11.5 Å². The van der Waals surface area contributed by atoms with Crippen molar-refractivity contribution in [3.63, 3.8) is 0 Å². The topological polar surface area (TPSA) is 60.2 Å². The number of amides is 1. The van der Waals surface area contributed by atoms with Crippen LogP contribution >= 0.6 is 11.8 Å². The Bertz CT molecular complexity index is 157. The van der Waals surface area contributed by atoms with Crippen molar-refractivity contribution in [3.8, 4) is 0 Å². The predicted octanol–water partition coefficient (Wildman–Crippen LogP) is -0.596. The molecule has 50 valence electrons. The zero-order chi connectivity index (χ0) is 6.85. The van der Waals surface area contributed by atoms with Crippen LogP contribution in [0.15, 0.2) is 0 Å². The molecule has 1 heterocycles. The highest BCUT2D eigenvalue weighted by atomic mass is 32.2. The standard InChI is InChI=1S/C5H7NO2S/c6-5(8)3-1-9-2-4(3)7/h3H,1-2H2,(H2,6,8)/t3-/m0/s1. The van der Waals surface area contributed by atoms with Gasteiger partial charge in [-0.05, 0) is 0 Å². The summed E-state index contributed by atoms with van der Waals surface area (Å²) in [5, 5.41) is 0. The minimum Gasteiger partial charge on any atom is -0.369 e. The van der Waals surface area contributed by atoms with E-state index in [1.165, 1.54) is 11.8 Å². The van der Waals surface area contributed by atoms with Crippen LogP contribution < -0.4 is 5.73 Å². The molecule has 1 rings (SSSR count). The molecule has 3 nitrogen and oxygen atoms in total. The van der Waals surface area contributed by atoms with Crippen molar-refractivity contribution < 1.29 is 9.59 Å². The molecule has 1 aliphatic heterocycles. The second-order valence-electron chi connectivity index (χ2n) is 1.94. The lowest BCUT2D eigenvalue weighted by molar-refractivity contribution is -0.129. The van der Waals surface area contributed by atoms with Crippen molar-refractivity contribution in [1.29, 1.82) is 0 Å². The molecule has 0 aromatic carbocycles. The number of Topliss-reactive ketones (excluding diaryl/α,β-unsaturated/α-hetero) is 1. The zero-order valence-electron chi connectivity index (χ0n) is 4.79. The maximum atomic E-state index is 10.7. The highest BCUT2D eigenvalue weighted by Crippen LogP contribution is 2.19. The summed E-state index contributed by atoms with van der Waals surface area (Å²) in [6.45, 7) is 0. The molecule has 9 heavy (non-hydrogen) atoms. The number of nitrogens with two attached hydrogens (primary N) is 1. The summed E-state index contributed by atoms with van der Waals surface area (Å²) in [4.78, 5) is 21.1. The SMILES string of the molecule is NC(=O)[C@H]1CSCC1=O. The first kappa shape index (κ1) is 6.61. The Labute approximate surface area is 57.0 Å². The fraction of sp³-hybridized carbons (Fsp3) is 0.600. The van der Waals surface area contributed by atoms with Crippen LogP contribution in [0.25, 0.3) is 0 Å². The molecule has 0 saturated carbocycles. The lowest BCUT2D eigenvalue weighted by Gasteiger charge is -1.97. The van der Waals surface area contributed by atoms with E-state index in [0.717, 1.165) is 0 Å². The van der Waals surface area contributed by atoms with E-state index in [9.17, 15) is 9.59 Å². The first-order chi connectivity index (χ1) is 4.22. The normalized spacial score (nSPS) is 26.7. The fourth-order valence-electron chi connectivity index (χ4n) is 0.712. The minimum absolute atomic E-state index is 0.0208. The van der Waals surface area contributed by atoms with Crippen molar-refractivity contribution in [2.45, 2.75) is 0 Å².